The van der Waals surface area contributed by atoms with Crippen LogP contribution in [0.4, 0.5) is 11.4 Å². The number of para-hydroxylation sites is 1. The summed E-state index contributed by atoms with van der Waals surface area (Å²) in [7, 11) is 0. The van der Waals surface area contributed by atoms with Gasteiger partial charge in [0.15, 0.2) is 11.7 Å². The molecule has 0 fully saturated rings. The number of hydrogen-bond donors (Lipinski definition) is 1. The summed E-state index contributed by atoms with van der Waals surface area (Å²) in [5, 5.41) is 10.1. The molecule has 5 nitrogen and oxygen atoms in total. The minimum atomic E-state index is 0.120. The molecule has 0 radical (unpaired) electrons. The number of nitrogens with zero attached hydrogens (tertiary/aromatic N) is 4. The molecular weight excluding hydrogens is 707 g/mol. The number of hydrogen-bond acceptors (Lipinski definition) is 2. The molecule has 0 amide bonds. The number of benzene rings is 6. The number of fused-ring (bicyclic) bond motifs is 9. The molecule has 1 N–H and O–H groups in total. The second-order valence-electron chi connectivity index (χ2n) is 15.5. The molecule has 4 aliphatic rings. The predicted molar refractivity (Wildman–Crippen MR) is 242 cm³/mol. The van der Waals surface area contributed by atoms with E-state index >= 15 is 0 Å². The van der Waals surface area contributed by atoms with Gasteiger partial charge in [0, 0.05) is 62.1 Å². The molecular formula is C53H41N5. The van der Waals surface area contributed by atoms with E-state index in [4.69, 9.17) is 10.4 Å². The lowest BCUT2D eigenvalue weighted by Crippen LogP contribution is -2.32. The molecule has 6 aromatic carbocycles. The van der Waals surface area contributed by atoms with Gasteiger partial charge in [0.05, 0.1) is 17.3 Å². The first-order chi connectivity index (χ1) is 28.7. The van der Waals surface area contributed by atoms with E-state index in [0.717, 1.165) is 54.5 Å². The number of aryl methyl sites for hydroxylation is 1. The molecule has 3 aliphatic carbocycles. The fourth-order valence-corrected chi connectivity index (χ4v) is 9.58. The molecule has 0 saturated heterocycles. The largest absolute Gasteiger partial charge is 0.333 e. The Balaban J connectivity index is 1.03. The van der Waals surface area contributed by atoms with Crippen LogP contribution in [0.15, 0.2) is 168 Å². The number of amidine groups is 2. The molecule has 278 valence electrons. The summed E-state index contributed by atoms with van der Waals surface area (Å²) in [6.45, 7) is 0. The van der Waals surface area contributed by atoms with Crippen LogP contribution < -0.4 is 4.90 Å². The Bertz CT molecular complexity index is 2920. The van der Waals surface area contributed by atoms with Gasteiger partial charge in [0.25, 0.3) is 0 Å². The van der Waals surface area contributed by atoms with Gasteiger partial charge in [-0.1, -0.05) is 152 Å². The van der Waals surface area contributed by atoms with Crippen LogP contribution in [0, 0.1) is 5.41 Å². The highest BCUT2D eigenvalue weighted by atomic mass is 15.2. The Labute approximate surface area is 338 Å². The SMILES string of the molecule is N=C(/N=C(\N=C\c1ccc(N2c3ccccc3C3=C(n4c5c(c6ccc7c(c64)CCC=C7)C=CCC5)c4ccccc4CC32)cc1)c1ccccc1)c1ccccc1. The third kappa shape index (κ3) is 5.65. The third-order valence-corrected chi connectivity index (χ3v) is 12.2. The minimum absolute atomic E-state index is 0.120. The molecule has 1 aliphatic heterocycles. The minimum Gasteiger partial charge on any atom is -0.333 e. The van der Waals surface area contributed by atoms with E-state index in [-0.39, 0.29) is 11.9 Å². The fourth-order valence-electron chi connectivity index (χ4n) is 9.58. The summed E-state index contributed by atoms with van der Waals surface area (Å²) in [6.07, 6.45) is 16.3. The van der Waals surface area contributed by atoms with Crippen LogP contribution in [0.3, 0.4) is 0 Å². The second-order valence-corrected chi connectivity index (χ2v) is 15.5. The summed E-state index contributed by atoms with van der Waals surface area (Å²) < 4.78 is 2.70. The second kappa shape index (κ2) is 14.1. The first kappa shape index (κ1) is 34.2. The van der Waals surface area contributed by atoms with Crippen LogP contribution >= 0.6 is 0 Å². The molecule has 11 rings (SSSR count). The van der Waals surface area contributed by atoms with Crippen LogP contribution in [-0.2, 0) is 19.3 Å². The van der Waals surface area contributed by atoms with Crippen molar-refractivity contribution in [2.24, 2.45) is 9.98 Å². The maximum absolute atomic E-state index is 8.70. The van der Waals surface area contributed by atoms with Crippen molar-refractivity contribution in [2.75, 3.05) is 4.90 Å². The van der Waals surface area contributed by atoms with Crippen molar-refractivity contribution in [3.8, 4) is 0 Å². The third-order valence-electron chi connectivity index (χ3n) is 12.2. The number of aromatic nitrogens is 1. The smallest absolute Gasteiger partial charge is 0.161 e. The van der Waals surface area contributed by atoms with Gasteiger partial charge < -0.3 is 9.47 Å². The van der Waals surface area contributed by atoms with Gasteiger partial charge in [-0.2, -0.15) is 0 Å². The van der Waals surface area contributed by atoms with Crippen molar-refractivity contribution in [2.45, 2.75) is 38.1 Å². The van der Waals surface area contributed by atoms with Crippen molar-refractivity contribution in [1.82, 2.24) is 4.57 Å². The maximum atomic E-state index is 8.70. The Hall–Kier alpha value is -7.11. The van der Waals surface area contributed by atoms with Crippen molar-refractivity contribution < 1.29 is 0 Å². The van der Waals surface area contributed by atoms with Crippen molar-refractivity contribution >= 4 is 63.6 Å². The van der Waals surface area contributed by atoms with Crippen LogP contribution in [0.1, 0.15) is 68.6 Å². The summed E-state index contributed by atoms with van der Waals surface area (Å²) in [5.41, 5.74) is 18.7. The molecule has 0 bridgehead atoms. The molecule has 0 saturated carbocycles. The molecule has 5 heteroatoms. The zero-order chi connectivity index (χ0) is 38.6. The average molecular weight is 748 g/mol. The Morgan fingerprint density at radius 1 is 0.672 bits per heavy atom. The van der Waals surface area contributed by atoms with E-state index in [1.807, 2.05) is 66.9 Å². The first-order valence-corrected chi connectivity index (χ1v) is 20.4. The number of allylic oxidation sites excluding steroid dienone is 2. The Kier molecular flexibility index (Phi) is 8.32. The predicted octanol–water partition coefficient (Wildman–Crippen LogP) is 11.9. The van der Waals surface area contributed by atoms with Gasteiger partial charge in [0.1, 0.15) is 0 Å². The Morgan fingerprint density at radius 2 is 1.38 bits per heavy atom. The summed E-state index contributed by atoms with van der Waals surface area (Å²) in [6, 6.07) is 51.2. The van der Waals surface area contributed by atoms with Crippen LogP contribution in [0.2, 0.25) is 0 Å². The zero-order valence-electron chi connectivity index (χ0n) is 32.1. The highest BCUT2D eigenvalue weighted by Crippen LogP contribution is 2.53. The van der Waals surface area contributed by atoms with Crippen LogP contribution in [0.5, 0.6) is 0 Å². The zero-order valence-corrected chi connectivity index (χ0v) is 32.1. The van der Waals surface area contributed by atoms with Gasteiger partial charge in [-0.05, 0) is 72.6 Å². The highest BCUT2D eigenvalue weighted by Gasteiger charge is 2.42. The molecule has 0 spiro atoms. The number of anilines is 2. The lowest BCUT2D eigenvalue weighted by Gasteiger charge is -2.34. The first-order valence-electron chi connectivity index (χ1n) is 20.4. The molecule has 1 aromatic heterocycles. The monoisotopic (exact) mass is 747 g/mol. The summed E-state index contributed by atoms with van der Waals surface area (Å²) in [4.78, 5) is 12.1. The van der Waals surface area contributed by atoms with Gasteiger partial charge >= 0.3 is 0 Å². The summed E-state index contributed by atoms with van der Waals surface area (Å²) >= 11 is 0. The average Bonchev–Trinajstić information content (AvgIpc) is 3.80. The molecule has 1 atom stereocenters. The van der Waals surface area contributed by atoms with Gasteiger partial charge in [-0.15, -0.1) is 0 Å². The van der Waals surface area contributed by atoms with Gasteiger partial charge in [-0.3, -0.25) is 5.41 Å². The van der Waals surface area contributed by atoms with Gasteiger partial charge in [0.2, 0.25) is 0 Å². The quantitative estimate of drug-likeness (QED) is 0.138. The Morgan fingerprint density at radius 3 is 2.21 bits per heavy atom. The number of rotatable bonds is 5. The van der Waals surface area contributed by atoms with E-state index in [2.05, 4.69) is 124 Å². The lowest BCUT2D eigenvalue weighted by atomic mass is 9.83. The topological polar surface area (TPSA) is 56.7 Å². The number of nitrogens with one attached hydrogen (secondary N) is 1. The standard InChI is InChI=1S/C53H41N5/c54-52(37-16-3-1-4-17-37)56-53(38-18-5-2-6-19-38)55-34-35-27-30-40(31-28-35)57-47-26-14-12-24-45(47)49-48(57)33-39-20-8-10-22-42(39)51(49)58-46-25-13-11-23-43(46)44-32-29-36-15-7-9-21-41(36)50(44)58/h1-8,10-12,14-20,22-24,26-32,34,48,54H,9,13,21,25,33H2/b54-52?,55-34+,56-53-. The van der Waals surface area contributed by atoms with Crippen molar-refractivity contribution in [3.05, 3.63) is 214 Å². The van der Waals surface area contributed by atoms with Crippen molar-refractivity contribution in [3.63, 3.8) is 0 Å². The van der Waals surface area contributed by atoms with E-state index in [0.29, 0.717) is 5.84 Å². The summed E-state index contributed by atoms with van der Waals surface area (Å²) in [5.74, 6) is 0.682. The van der Waals surface area contributed by atoms with Gasteiger partial charge in [-0.25, -0.2) is 9.98 Å². The molecule has 2 heterocycles. The van der Waals surface area contributed by atoms with Crippen molar-refractivity contribution in [1.29, 1.82) is 5.41 Å². The van der Waals surface area contributed by atoms with E-state index < -0.39 is 0 Å². The maximum Gasteiger partial charge on any atom is 0.161 e. The highest BCUT2D eigenvalue weighted by molar-refractivity contribution is 6.13. The molecule has 7 aromatic rings. The lowest BCUT2D eigenvalue weighted by molar-refractivity contribution is 0.792. The van der Waals surface area contributed by atoms with Crippen LogP contribution in [-0.4, -0.2) is 28.5 Å². The molecule has 1 unspecified atom stereocenters. The number of aliphatic imine (C=N–C) groups is 2. The normalized spacial score (nSPS) is 16.7. The fraction of sp³-hybridized carbons (Fsp3) is 0.113. The van der Waals surface area contributed by atoms with E-state index in [1.54, 1.807) is 0 Å². The molecule has 58 heavy (non-hydrogen) atoms. The van der Waals surface area contributed by atoms with E-state index in [9.17, 15) is 0 Å². The van der Waals surface area contributed by atoms with Crippen LogP contribution in [0.25, 0.3) is 34.3 Å². The van der Waals surface area contributed by atoms with E-state index in [1.165, 1.54) is 66.9 Å².